The number of pyridine rings is 2. The summed E-state index contributed by atoms with van der Waals surface area (Å²) in [5, 5.41) is 17.7. The van der Waals surface area contributed by atoms with Gasteiger partial charge in [0.25, 0.3) is 11.8 Å². The average Bonchev–Trinajstić information content (AvgIpc) is 0.820. The molecule has 0 spiro atoms. The van der Waals surface area contributed by atoms with Crippen LogP contribution in [0.3, 0.4) is 0 Å². The number of hydrogen-bond acceptors (Lipinski definition) is 10. The number of aromatic nitrogens is 2. The highest BCUT2D eigenvalue weighted by atomic mass is 16.2. The zero-order valence-corrected chi connectivity index (χ0v) is 48.6. The number of carbonyl (C=O) groups is 5. The average molecular weight is 1160 g/mol. The van der Waals surface area contributed by atoms with Crippen LogP contribution in [0, 0.1) is 0 Å². The number of carbonyl (C=O) groups excluding carboxylic acids is 5. The van der Waals surface area contributed by atoms with E-state index in [2.05, 4.69) is 66.8 Å². The molecule has 10 aromatic rings. The van der Waals surface area contributed by atoms with E-state index in [1.54, 1.807) is 12.1 Å². The molecular weight excluding hydrogens is 1090 g/mol. The van der Waals surface area contributed by atoms with Crippen molar-refractivity contribution in [3.8, 4) is 22.5 Å². The van der Waals surface area contributed by atoms with Crippen LogP contribution < -0.4 is 64.8 Å². The smallest absolute Gasteiger partial charge is 0.251 e. The Balaban J connectivity index is 0.616. The van der Waals surface area contributed by atoms with Crippen molar-refractivity contribution in [2.45, 2.75) is 76.5 Å². The molecular formula is C70H74N12O5+2. The SMILES string of the molecule is NC(=O)[C@H](CCCNC(=O)c1ccc(C[n+]2c(-c3ccccc3)c3cc(N)ccc3c3ccc(N)cc32)cc1)NC(=O)CCCCCNC(=O)[C@@H](N)CCCNC(=O)c1ccc(C[n+]2c(-c3ccccc3)c3cc(N)ccc3c3ccc(N)cc32)cc1. The molecule has 8 aromatic carbocycles. The Kier molecular flexibility index (Phi) is 18.9. The maximum Gasteiger partial charge on any atom is 0.251 e. The molecule has 2 aromatic heterocycles. The third kappa shape index (κ3) is 14.4. The lowest BCUT2D eigenvalue weighted by molar-refractivity contribution is -0.650. The van der Waals surface area contributed by atoms with Crippen LogP contribution in [-0.4, -0.2) is 61.3 Å². The number of fused-ring (bicyclic) bond motifs is 6. The maximum atomic E-state index is 13.3. The van der Waals surface area contributed by atoms with Gasteiger partial charge in [-0.25, -0.2) is 0 Å². The largest absolute Gasteiger partial charge is 0.399 e. The molecule has 10 rings (SSSR count). The number of benzene rings is 8. The number of nitrogen functional groups attached to an aromatic ring is 4. The first-order chi connectivity index (χ1) is 42.2. The molecule has 0 saturated heterocycles. The molecule has 5 amide bonds. The van der Waals surface area contributed by atoms with E-state index < -0.39 is 18.0 Å². The molecule has 0 radical (unpaired) electrons. The number of primary amides is 1. The minimum Gasteiger partial charge on any atom is -0.399 e. The Bertz CT molecular complexity index is 4160. The van der Waals surface area contributed by atoms with Crippen molar-refractivity contribution in [3.05, 3.63) is 204 Å². The Labute approximate surface area is 505 Å². The molecule has 0 unspecified atom stereocenters. The molecule has 2 heterocycles. The highest BCUT2D eigenvalue weighted by molar-refractivity contribution is 6.11. The minimum atomic E-state index is -0.892. The maximum absolute atomic E-state index is 13.3. The first-order valence-electron chi connectivity index (χ1n) is 29.5. The number of amides is 5. The second-order valence-corrected chi connectivity index (χ2v) is 22.2. The molecule has 2 atom stereocenters. The van der Waals surface area contributed by atoms with Crippen molar-refractivity contribution in [1.82, 2.24) is 21.3 Å². The first-order valence-corrected chi connectivity index (χ1v) is 29.5. The van der Waals surface area contributed by atoms with Crippen molar-refractivity contribution in [2.24, 2.45) is 11.5 Å². The highest BCUT2D eigenvalue weighted by Gasteiger charge is 2.27. The number of nitrogens with two attached hydrogens (primary N) is 6. The van der Waals surface area contributed by atoms with Crippen LogP contribution in [0.1, 0.15) is 83.2 Å². The molecule has 442 valence electrons. The quantitative estimate of drug-likeness (QED) is 0.0113. The number of rotatable bonds is 25. The molecule has 0 aliphatic rings. The Morgan fingerprint density at radius 1 is 0.425 bits per heavy atom. The van der Waals surface area contributed by atoms with Crippen LogP contribution in [-0.2, 0) is 27.5 Å². The molecule has 87 heavy (non-hydrogen) atoms. The molecule has 0 fully saturated rings. The molecule has 0 aliphatic carbocycles. The van der Waals surface area contributed by atoms with Gasteiger partial charge < -0.3 is 55.7 Å². The van der Waals surface area contributed by atoms with Crippen LogP contribution in [0.15, 0.2) is 182 Å². The molecule has 0 saturated carbocycles. The van der Waals surface area contributed by atoms with Crippen LogP contribution in [0.4, 0.5) is 22.7 Å². The third-order valence-electron chi connectivity index (χ3n) is 15.9. The van der Waals surface area contributed by atoms with Crippen molar-refractivity contribution in [3.63, 3.8) is 0 Å². The van der Waals surface area contributed by atoms with E-state index in [0.29, 0.717) is 98.6 Å². The topological polar surface area (TPSA) is 297 Å². The second kappa shape index (κ2) is 27.5. The summed E-state index contributed by atoms with van der Waals surface area (Å²) in [7, 11) is 0. The van der Waals surface area contributed by atoms with Crippen LogP contribution in [0.25, 0.3) is 65.9 Å². The summed E-state index contributed by atoms with van der Waals surface area (Å²) >= 11 is 0. The fourth-order valence-corrected chi connectivity index (χ4v) is 11.4. The Hall–Kier alpha value is -10.4. The number of anilines is 4. The number of hydrogen-bond donors (Lipinski definition) is 10. The van der Waals surface area contributed by atoms with Crippen LogP contribution in [0.5, 0.6) is 0 Å². The predicted molar refractivity (Wildman–Crippen MR) is 347 cm³/mol. The van der Waals surface area contributed by atoms with E-state index in [9.17, 15) is 24.0 Å². The van der Waals surface area contributed by atoms with Gasteiger partial charge in [0.1, 0.15) is 6.04 Å². The fraction of sp³-hybridized carbons (Fsp3) is 0.214. The van der Waals surface area contributed by atoms with Gasteiger partial charge in [0.05, 0.1) is 27.6 Å². The summed E-state index contributed by atoms with van der Waals surface area (Å²) in [5.41, 5.74) is 48.9. The van der Waals surface area contributed by atoms with E-state index in [0.717, 1.165) is 77.0 Å². The van der Waals surface area contributed by atoms with Gasteiger partial charge in [-0.3, -0.25) is 24.0 Å². The standard InChI is InChI=1S/C70H72N12O5/c71-50-27-31-54-56-33-29-52(73)40-62(56)81(65(58(54)38-50)46-12-4-1-5-13-46)42-44-19-23-48(24-20-44)68(85)77-36-10-16-60(75)70(87)79-35-9-3-8-18-64(83)80-61(67(76)84)17-11-37-78-69(86)49-25-21-45(22-26-49)43-82-63-41-53(74)30-34-57(63)55-32-28-51(72)39-59(55)66(82)47-14-6-2-7-15-47/h1-2,4-7,12-15,19-34,38-41,60-61,73-74H,3,8-11,16-18,35-37,42-43,71-72,75H2,(H6,76,77,78,79,80,83,84,85,86,87)/p+2/t60-,61-/m0/s1. The van der Waals surface area contributed by atoms with E-state index in [1.165, 1.54) is 0 Å². The lowest BCUT2D eigenvalue weighted by Gasteiger charge is -2.16. The molecule has 17 heteroatoms. The van der Waals surface area contributed by atoms with Crippen molar-refractivity contribution >= 4 is 95.6 Å². The number of nitrogens with one attached hydrogen (secondary N) is 4. The van der Waals surface area contributed by atoms with Gasteiger partial charge in [-0.2, -0.15) is 9.13 Å². The molecule has 0 bridgehead atoms. The zero-order chi connectivity index (χ0) is 61.0. The summed E-state index contributed by atoms with van der Waals surface area (Å²) in [6, 6.07) is 57.5. The molecule has 0 aliphatic heterocycles. The number of nitrogens with zero attached hydrogens (tertiary/aromatic N) is 2. The summed E-state index contributed by atoms with van der Waals surface area (Å²) in [6.07, 6.45) is 3.52. The monoisotopic (exact) mass is 1160 g/mol. The molecule has 16 N–H and O–H groups in total. The van der Waals surface area contributed by atoms with Gasteiger partial charge in [0.15, 0.2) is 13.1 Å². The first kappa shape index (κ1) is 59.8. The van der Waals surface area contributed by atoms with Gasteiger partial charge in [-0.15, -0.1) is 0 Å². The van der Waals surface area contributed by atoms with Gasteiger partial charge in [-0.05, 0) is 136 Å². The van der Waals surface area contributed by atoms with Gasteiger partial charge in [-0.1, -0.05) is 79.2 Å². The lowest BCUT2D eigenvalue weighted by atomic mass is 9.97. The summed E-state index contributed by atoms with van der Waals surface area (Å²) in [5.74, 6) is -1.75. The Morgan fingerprint density at radius 3 is 1.31 bits per heavy atom. The normalized spacial score (nSPS) is 12.0. The van der Waals surface area contributed by atoms with Crippen molar-refractivity contribution in [2.75, 3.05) is 42.6 Å². The van der Waals surface area contributed by atoms with Gasteiger partial charge in [0, 0.05) is 105 Å². The van der Waals surface area contributed by atoms with Crippen LogP contribution >= 0.6 is 0 Å². The highest BCUT2D eigenvalue weighted by Crippen LogP contribution is 2.36. The van der Waals surface area contributed by atoms with Gasteiger partial charge >= 0.3 is 0 Å². The summed E-state index contributed by atoms with van der Waals surface area (Å²) in [6.45, 7) is 2.00. The van der Waals surface area contributed by atoms with E-state index in [1.807, 2.05) is 133 Å². The van der Waals surface area contributed by atoms with Crippen molar-refractivity contribution in [1.29, 1.82) is 0 Å². The summed E-state index contributed by atoms with van der Waals surface area (Å²) in [4.78, 5) is 64.4. The summed E-state index contributed by atoms with van der Waals surface area (Å²) < 4.78 is 4.50. The van der Waals surface area contributed by atoms with E-state index in [4.69, 9.17) is 34.4 Å². The lowest BCUT2D eigenvalue weighted by Crippen LogP contribution is -2.44. The van der Waals surface area contributed by atoms with Crippen LogP contribution in [0.2, 0.25) is 0 Å². The van der Waals surface area contributed by atoms with Gasteiger partial charge in [0.2, 0.25) is 40.1 Å². The van der Waals surface area contributed by atoms with E-state index in [-0.39, 0.29) is 43.0 Å². The number of unbranched alkanes of at least 4 members (excludes halogenated alkanes) is 2. The second-order valence-electron chi connectivity index (χ2n) is 22.2. The minimum absolute atomic E-state index is 0.176. The third-order valence-corrected chi connectivity index (χ3v) is 15.9. The fourth-order valence-electron chi connectivity index (χ4n) is 11.4. The Morgan fingerprint density at radius 2 is 0.851 bits per heavy atom. The predicted octanol–water partition coefficient (Wildman–Crippen LogP) is 8.33. The van der Waals surface area contributed by atoms with E-state index >= 15 is 0 Å². The van der Waals surface area contributed by atoms with Crippen molar-refractivity contribution < 1.29 is 33.1 Å². The zero-order valence-electron chi connectivity index (χ0n) is 48.6. The molecule has 17 nitrogen and oxygen atoms in total.